The Labute approximate surface area is 74.9 Å². The van der Waals surface area contributed by atoms with Crippen LogP contribution in [0.1, 0.15) is 0 Å². The van der Waals surface area contributed by atoms with Crippen LogP contribution in [-0.4, -0.2) is 51.8 Å². The molecule has 2 unspecified atom stereocenters. The lowest BCUT2D eigenvalue weighted by atomic mass is 9.82. The summed E-state index contributed by atoms with van der Waals surface area (Å²) in [7, 11) is 0. The van der Waals surface area contributed by atoms with Crippen LogP contribution in [0.2, 0.25) is 0 Å². The van der Waals surface area contributed by atoms with Gasteiger partial charge in [0.1, 0.15) is 0 Å². The van der Waals surface area contributed by atoms with E-state index in [9.17, 15) is 15.3 Å². The van der Waals surface area contributed by atoms with Gasteiger partial charge < -0.3 is 15.3 Å². The van der Waals surface area contributed by atoms with Gasteiger partial charge >= 0.3 is 0 Å². The molecule has 0 radical (unpaired) electrons. The third kappa shape index (κ3) is 1.17. The lowest BCUT2D eigenvalue weighted by Crippen LogP contribution is -2.66. The number of hydrogen-bond acceptors (Lipinski definition) is 7. The second-order valence-corrected chi connectivity index (χ2v) is 3.50. The van der Waals surface area contributed by atoms with Gasteiger partial charge in [-0.25, -0.2) is 10.9 Å². The van der Waals surface area contributed by atoms with Gasteiger partial charge in [0.05, 0.1) is 36.4 Å². The number of hydrazine groups is 2. The van der Waals surface area contributed by atoms with E-state index in [2.05, 4.69) is 16.3 Å². The van der Waals surface area contributed by atoms with E-state index in [1.54, 1.807) is 0 Å². The Morgan fingerprint density at radius 3 is 1.77 bits per heavy atom. The van der Waals surface area contributed by atoms with Crippen molar-refractivity contribution in [2.24, 2.45) is 5.84 Å². The number of nitrogens with two attached hydrogens (primary N) is 1. The maximum absolute atomic E-state index is 9.63. The molecule has 7 heteroatoms. The SMILES string of the molecule is NNC1[C@@H](O)[C@@H]2NN[C@@H](C2O)[C@H]1O. The van der Waals surface area contributed by atoms with Crippen LogP contribution in [0, 0.1) is 0 Å². The summed E-state index contributed by atoms with van der Waals surface area (Å²) in [5.41, 5.74) is 7.75. The van der Waals surface area contributed by atoms with E-state index in [0.717, 1.165) is 0 Å². The van der Waals surface area contributed by atoms with Crippen LogP contribution in [0.25, 0.3) is 0 Å². The van der Waals surface area contributed by atoms with Crippen molar-refractivity contribution in [3.63, 3.8) is 0 Å². The molecule has 2 bridgehead atoms. The number of aliphatic hydroxyl groups is 3. The predicted molar refractivity (Wildman–Crippen MR) is 43.0 cm³/mol. The van der Waals surface area contributed by atoms with Crippen molar-refractivity contribution in [3.05, 3.63) is 0 Å². The van der Waals surface area contributed by atoms with Gasteiger partial charge in [-0.05, 0) is 0 Å². The van der Waals surface area contributed by atoms with Gasteiger partial charge in [0.15, 0.2) is 0 Å². The molecule has 0 aromatic heterocycles. The molecule has 2 rings (SSSR count). The van der Waals surface area contributed by atoms with Crippen molar-refractivity contribution in [3.8, 4) is 0 Å². The molecule has 0 spiro atoms. The molecule has 76 valence electrons. The zero-order valence-electron chi connectivity index (χ0n) is 6.88. The monoisotopic (exact) mass is 190 g/mol. The topological polar surface area (TPSA) is 123 Å². The fourth-order valence-electron chi connectivity index (χ4n) is 2.01. The largest absolute Gasteiger partial charge is 0.390 e. The Bertz CT molecular complexity index is 186. The van der Waals surface area contributed by atoms with Crippen LogP contribution < -0.4 is 22.1 Å². The van der Waals surface area contributed by atoms with Crippen molar-refractivity contribution in [2.75, 3.05) is 0 Å². The standard InChI is InChI=1S/C6H14N4O3/c7-8-1-4(11)2-6(13)3(5(1)12)10-9-2/h1-6,8-13H,7H2/t1?,2-,3+,4+,5-,6?. The summed E-state index contributed by atoms with van der Waals surface area (Å²) in [6, 6.07) is -1.61. The molecule has 1 aliphatic carbocycles. The summed E-state index contributed by atoms with van der Waals surface area (Å²) in [6.45, 7) is 0. The molecule has 8 N–H and O–H groups in total. The van der Waals surface area contributed by atoms with Crippen molar-refractivity contribution in [1.29, 1.82) is 0 Å². The van der Waals surface area contributed by atoms with Gasteiger partial charge in [0, 0.05) is 0 Å². The van der Waals surface area contributed by atoms with Crippen LogP contribution in [0.4, 0.5) is 0 Å². The van der Waals surface area contributed by atoms with E-state index in [-0.39, 0.29) is 0 Å². The van der Waals surface area contributed by atoms with Crippen molar-refractivity contribution in [2.45, 2.75) is 36.4 Å². The molecule has 1 aliphatic heterocycles. The fourth-order valence-corrected chi connectivity index (χ4v) is 2.01. The zero-order valence-corrected chi connectivity index (χ0v) is 6.88. The second-order valence-electron chi connectivity index (χ2n) is 3.50. The smallest absolute Gasteiger partial charge is 0.0924 e. The molecule has 0 amide bonds. The molecule has 1 saturated carbocycles. The Morgan fingerprint density at radius 1 is 0.923 bits per heavy atom. The average Bonchev–Trinajstić information content (AvgIpc) is 2.41. The number of hydrogen-bond donors (Lipinski definition) is 7. The zero-order chi connectivity index (χ0) is 9.59. The molecule has 6 atom stereocenters. The summed E-state index contributed by atoms with van der Waals surface area (Å²) < 4.78 is 0. The van der Waals surface area contributed by atoms with Crippen LogP contribution in [0.15, 0.2) is 0 Å². The summed E-state index contributed by atoms with van der Waals surface area (Å²) in [4.78, 5) is 0. The minimum absolute atomic E-state index is 0.491. The molecule has 7 nitrogen and oxygen atoms in total. The highest BCUT2D eigenvalue weighted by atomic mass is 16.3. The van der Waals surface area contributed by atoms with E-state index < -0.39 is 36.4 Å². The predicted octanol–water partition coefficient (Wildman–Crippen LogP) is -4.24. The first-order valence-electron chi connectivity index (χ1n) is 4.18. The first kappa shape index (κ1) is 9.28. The van der Waals surface area contributed by atoms with Gasteiger partial charge in [-0.15, -0.1) is 0 Å². The third-order valence-corrected chi connectivity index (χ3v) is 2.82. The summed E-state index contributed by atoms with van der Waals surface area (Å²) in [6.07, 6.45) is -2.63. The number of fused-ring (bicyclic) bond motifs is 2. The minimum atomic E-state index is -0.916. The third-order valence-electron chi connectivity index (χ3n) is 2.82. The van der Waals surface area contributed by atoms with Crippen LogP contribution in [-0.2, 0) is 0 Å². The Balaban J connectivity index is 2.21. The quantitative estimate of drug-likeness (QED) is 0.165. The maximum atomic E-state index is 9.63. The molecule has 2 aliphatic rings. The van der Waals surface area contributed by atoms with Gasteiger partial charge in [-0.3, -0.25) is 11.3 Å². The van der Waals surface area contributed by atoms with Gasteiger partial charge in [-0.1, -0.05) is 0 Å². The van der Waals surface area contributed by atoms with Crippen LogP contribution in [0.5, 0.6) is 0 Å². The molecular formula is C6H14N4O3. The molecule has 0 aromatic carbocycles. The van der Waals surface area contributed by atoms with Crippen LogP contribution in [0.3, 0.4) is 0 Å². The average molecular weight is 190 g/mol. The van der Waals surface area contributed by atoms with E-state index in [1.165, 1.54) is 0 Å². The van der Waals surface area contributed by atoms with Crippen LogP contribution >= 0.6 is 0 Å². The van der Waals surface area contributed by atoms with Gasteiger partial charge in [-0.2, -0.15) is 0 Å². The summed E-state index contributed by atoms with van der Waals surface area (Å²) in [5, 5.41) is 28.8. The van der Waals surface area contributed by atoms with E-state index in [1.807, 2.05) is 0 Å². The normalized spacial score (nSPS) is 55.4. The van der Waals surface area contributed by atoms with Crippen molar-refractivity contribution < 1.29 is 15.3 Å². The molecule has 13 heavy (non-hydrogen) atoms. The summed E-state index contributed by atoms with van der Waals surface area (Å²) in [5.74, 6) is 5.17. The molecular weight excluding hydrogens is 176 g/mol. The molecule has 1 saturated heterocycles. The Kier molecular flexibility index (Phi) is 2.24. The first-order valence-corrected chi connectivity index (χ1v) is 4.18. The van der Waals surface area contributed by atoms with Crippen molar-refractivity contribution in [1.82, 2.24) is 16.3 Å². The highest BCUT2D eigenvalue weighted by molar-refractivity contribution is 5.10. The highest BCUT2D eigenvalue weighted by Crippen LogP contribution is 2.24. The maximum Gasteiger partial charge on any atom is 0.0924 e. The van der Waals surface area contributed by atoms with E-state index in [0.29, 0.717) is 0 Å². The first-order chi connectivity index (χ1) is 6.16. The second kappa shape index (κ2) is 3.14. The minimum Gasteiger partial charge on any atom is -0.390 e. The summed E-state index contributed by atoms with van der Waals surface area (Å²) >= 11 is 0. The van der Waals surface area contributed by atoms with E-state index in [4.69, 9.17) is 5.84 Å². The number of aliphatic hydroxyl groups excluding tert-OH is 3. The lowest BCUT2D eigenvalue weighted by Gasteiger charge is -2.38. The molecule has 2 fully saturated rings. The van der Waals surface area contributed by atoms with Gasteiger partial charge in [0.2, 0.25) is 0 Å². The number of nitrogens with one attached hydrogen (secondary N) is 3. The number of rotatable bonds is 1. The highest BCUT2D eigenvalue weighted by Gasteiger charge is 2.52. The molecule has 0 aromatic rings. The Hall–Kier alpha value is -0.280. The van der Waals surface area contributed by atoms with E-state index >= 15 is 0 Å². The van der Waals surface area contributed by atoms with Gasteiger partial charge in [0.25, 0.3) is 0 Å². The molecule has 1 heterocycles. The lowest BCUT2D eigenvalue weighted by molar-refractivity contribution is -0.0626. The Morgan fingerprint density at radius 2 is 1.38 bits per heavy atom. The fraction of sp³-hybridized carbons (Fsp3) is 1.00. The van der Waals surface area contributed by atoms with Crippen molar-refractivity contribution >= 4 is 0 Å².